The Morgan fingerprint density at radius 1 is 0.242 bits per heavy atom. The molecule has 0 fully saturated rings. The van der Waals surface area contributed by atoms with E-state index >= 15 is 0 Å². The van der Waals surface area contributed by atoms with Crippen LogP contribution in [0.15, 0.2) is 267 Å². The summed E-state index contributed by atoms with van der Waals surface area (Å²) in [6.45, 7) is 0. The van der Waals surface area contributed by atoms with Crippen LogP contribution in [-0.2, 0) is 0 Å². The second-order valence-electron chi connectivity index (χ2n) is 16.9. The monoisotopic (exact) mass is 840 g/mol. The highest BCUT2D eigenvalue weighted by atomic mass is 15.1. The summed E-state index contributed by atoms with van der Waals surface area (Å²) in [5.41, 5.74) is 18.6. The Labute approximate surface area is 385 Å². The zero-order chi connectivity index (χ0) is 43.8. The first kappa shape index (κ1) is 38.9. The van der Waals surface area contributed by atoms with E-state index in [2.05, 4.69) is 276 Å². The van der Waals surface area contributed by atoms with Gasteiger partial charge in [0.15, 0.2) is 0 Å². The fraction of sp³-hybridized carbons (Fsp3) is 0. The highest BCUT2D eigenvalue weighted by Crippen LogP contribution is 2.44. The minimum atomic E-state index is 1.07. The molecule has 0 saturated heterocycles. The van der Waals surface area contributed by atoms with Crippen molar-refractivity contribution in [1.29, 1.82) is 0 Å². The average molecular weight is 841 g/mol. The third-order valence-corrected chi connectivity index (χ3v) is 13.0. The van der Waals surface area contributed by atoms with E-state index in [-0.39, 0.29) is 0 Å². The molecule has 2 heteroatoms. The smallest absolute Gasteiger partial charge is 0.0541 e. The predicted octanol–water partition coefficient (Wildman–Crippen LogP) is 17.7. The van der Waals surface area contributed by atoms with Crippen LogP contribution in [0.4, 0.5) is 17.1 Å². The first-order valence-electron chi connectivity index (χ1n) is 22.7. The van der Waals surface area contributed by atoms with Gasteiger partial charge in [0.2, 0.25) is 0 Å². The number of rotatable bonds is 9. The van der Waals surface area contributed by atoms with Gasteiger partial charge in [-0.2, -0.15) is 0 Å². The van der Waals surface area contributed by atoms with Crippen molar-refractivity contribution in [2.24, 2.45) is 0 Å². The van der Waals surface area contributed by atoms with Crippen molar-refractivity contribution >= 4 is 49.6 Å². The maximum atomic E-state index is 2.43. The third kappa shape index (κ3) is 7.02. The molecule has 0 radical (unpaired) electrons. The summed E-state index contributed by atoms with van der Waals surface area (Å²) in [5, 5.41) is 5.01. The van der Waals surface area contributed by atoms with Crippen molar-refractivity contribution < 1.29 is 0 Å². The van der Waals surface area contributed by atoms with Crippen LogP contribution in [0.25, 0.3) is 93.9 Å². The number of hydrogen-bond donors (Lipinski definition) is 0. The van der Waals surface area contributed by atoms with Crippen molar-refractivity contribution in [2.75, 3.05) is 4.90 Å². The molecule has 0 atom stereocenters. The van der Waals surface area contributed by atoms with Crippen molar-refractivity contribution in [1.82, 2.24) is 4.57 Å². The van der Waals surface area contributed by atoms with Gasteiger partial charge in [-0.3, -0.25) is 0 Å². The molecule has 1 heterocycles. The van der Waals surface area contributed by atoms with Crippen LogP contribution in [0, 0.1) is 0 Å². The summed E-state index contributed by atoms with van der Waals surface area (Å²) >= 11 is 0. The molecule has 0 bridgehead atoms. The van der Waals surface area contributed by atoms with Gasteiger partial charge in [0.25, 0.3) is 0 Å². The molecule has 11 aromatic carbocycles. The Bertz CT molecular complexity index is 3640. The topological polar surface area (TPSA) is 8.17 Å². The molecular formula is C64H44N2. The van der Waals surface area contributed by atoms with Gasteiger partial charge in [-0.15, -0.1) is 0 Å². The summed E-state index contributed by atoms with van der Waals surface area (Å²) < 4.78 is 2.43. The zero-order valence-corrected chi connectivity index (χ0v) is 36.3. The van der Waals surface area contributed by atoms with Crippen LogP contribution in [-0.4, -0.2) is 4.57 Å². The van der Waals surface area contributed by atoms with E-state index in [0.717, 1.165) is 33.9 Å². The maximum Gasteiger partial charge on any atom is 0.0541 e. The molecule has 1 aromatic heterocycles. The first-order valence-corrected chi connectivity index (χ1v) is 22.7. The molecule has 2 nitrogen and oxygen atoms in total. The van der Waals surface area contributed by atoms with Gasteiger partial charge < -0.3 is 9.47 Å². The largest absolute Gasteiger partial charge is 0.310 e. The SMILES string of the molecule is c1ccc(-c2cccc(N(c3ccc(-c4cccc(-c5cccc6ccccc56)c4)cc3)c3ccc(-c4ccccc4-n4c5ccccc5c5ccccc54)c(-c4ccccc4)c3)c2)cc1. The Morgan fingerprint density at radius 3 is 1.50 bits per heavy atom. The lowest BCUT2D eigenvalue weighted by atomic mass is 9.92. The normalized spacial score (nSPS) is 11.3. The van der Waals surface area contributed by atoms with Gasteiger partial charge >= 0.3 is 0 Å². The van der Waals surface area contributed by atoms with E-state index in [4.69, 9.17) is 0 Å². The molecule has 0 saturated carbocycles. The lowest BCUT2D eigenvalue weighted by Gasteiger charge is -2.28. The lowest BCUT2D eigenvalue weighted by Crippen LogP contribution is -2.10. The maximum absolute atomic E-state index is 2.43. The second-order valence-corrected chi connectivity index (χ2v) is 16.9. The first-order chi connectivity index (χ1) is 32.7. The van der Waals surface area contributed by atoms with Crippen LogP contribution >= 0.6 is 0 Å². The zero-order valence-electron chi connectivity index (χ0n) is 36.3. The molecule has 12 rings (SSSR count). The highest BCUT2D eigenvalue weighted by Gasteiger charge is 2.21. The standard InChI is InChI=1S/C64H44N2/c1-3-18-45(19-4-1)50-25-16-27-53(43-50)65(52-38-36-46(37-39-52)49-24-15-26-51(42-49)56-32-17-23-47-22-7-8-28-55(47)56)54-40-41-57(61(44-54)48-20-5-2-6-21-48)58-29-9-12-33-62(58)66-63-34-13-10-30-59(63)60-31-11-14-35-64(60)66/h1-44H. The number of para-hydroxylation sites is 3. The molecule has 0 aliphatic carbocycles. The molecular weight excluding hydrogens is 797 g/mol. The van der Waals surface area contributed by atoms with Crippen molar-refractivity contribution in [3.63, 3.8) is 0 Å². The van der Waals surface area contributed by atoms with E-state index in [1.54, 1.807) is 0 Å². The van der Waals surface area contributed by atoms with Crippen molar-refractivity contribution in [2.45, 2.75) is 0 Å². The Hall–Kier alpha value is -8.72. The van der Waals surface area contributed by atoms with E-state index in [0.29, 0.717) is 0 Å². The number of anilines is 3. The summed E-state index contributed by atoms with van der Waals surface area (Å²) in [7, 11) is 0. The Balaban J connectivity index is 1.01. The van der Waals surface area contributed by atoms with Crippen LogP contribution in [0.2, 0.25) is 0 Å². The number of aromatic nitrogens is 1. The Kier molecular flexibility index (Phi) is 9.89. The van der Waals surface area contributed by atoms with Crippen molar-refractivity contribution in [3.8, 4) is 61.3 Å². The fourth-order valence-electron chi connectivity index (χ4n) is 9.89. The minimum absolute atomic E-state index is 1.07. The second kappa shape index (κ2) is 16.8. The summed E-state index contributed by atoms with van der Waals surface area (Å²) in [4.78, 5) is 2.40. The highest BCUT2D eigenvalue weighted by molar-refractivity contribution is 6.10. The molecule has 66 heavy (non-hydrogen) atoms. The van der Waals surface area contributed by atoms with Gasteiger partial charge in [-0.05, 0) is 122 Å². The van der Waals surface area contributed by atoms with E-state index in [9.17, 15) is 0 Å². The summed E-state index contributed by atoms with van der Waals surface area (Å²) in [5.74, 6) is 0. The molecule has 0 spiro atoms. The molecule has 310 valence electrons. The van der Waals surface area contributed by atoms with Crippen molar-refractivity contribution in [3.05, 3.63) is 267 Å². The minimum Gasteiger partial charge on any atom is -0.310 e. The molecule has 0 unspecified atom stereocenters. The molecule has 0 aliphatic rings. The quantitative estimate of drug-likeness (QED) is 0.141. The number of benzene rings is 11. The Morgan fingerprint density at radius 2 is 0.742 bits per heavy atom. The molecule has 0 aliphatic heterocycles. The molecule has 12 aromatic rings. The number of fused-ring (bicyclic) bond motifs is 4. The van der Waals surface area contributed by atoms with Gasteiger partial charge in [0.1, 0.15) is 0 Å². The van der Waals surface area contributed by atoms with E-state index in [1.165, 1.54) is 77.1 Å². The van der Waals surface area contributed by atoms with Crippen LogP contribution in [0.5, 0.6) is 0 Å². The van der Waals surface area contributed by atoms with Gasteiger partial charge in [-0.1, -0.05) is 206 Å². The van der Waals surface area contributed by atoms with Crippen LogP contribution in [0.1, 0.15) is 0 Å². The fourth-order valence-corrected chi connectivity index (χ4v) is 9.89. The van der Waals surface area contributed by atoms with Gasteiger partial charge in [-0.25, -0.2) is 0 Å². The lowest BCUT2D eigenvalue weighted by molar-refractivity contribution is 1.18. The van der Waals surface area contributed by atoms with Gasteiger partial charge in [0.05, 0.1) is 16.7 Å². The van der Waals surface area contributed by atoms with Crippen LogP contribution < -0.4 is 4.90 Å². The number of nitrogens with zero attached hydrogens (tertiary/aromatic N) is 2. The third-order valence-electron chi connectivity index (χ3n) is 13.0. The molecule has 0 N–H and O–H groups in total. The van der Waals surface area contributed by atoms with Gasteiger partial charge in [0, 0.05) is 33.4 Å². The average Bonchev–Trinajstić information content (AvgIpc) is 3.73. The number of hydrogen-bond acceptors (Lipinski definition) is 1. The molecule has 0 amide bonds. The van der Waals surface area contributed by atoms with Crippen LogP contribution in [0.3, 0.4) is 0 Å². The van der Waals surface area contributed by atoms with E-state index < -0.39 is 0 Å². The summed E-state index contributed by atoms with van der Waals surface area (Å²) in [6, 6.07) is 96.9. The summed E-state index contributed by atoms with van der Waals surface area (Å²) in [6.07, 6.45) is 0. The predicted molar refractivity (Wildman–Crippen MR) is 280 cm³/mol. The van der Waals surface area contributed by atoms with E-state index in [1.807, 2.05) is 0 Å².